The van der Waals surface area contributed by atoms with Gasteiger partial charge in [-0.2, -0.15) is 0 Å². The summed E-state index contributed by atoms with van der Waals surface area (Å²) in [7, 11) is 1.65. The Morgan fingerprint density at radius 3 is 2.74 bits per heavy atom. The second-order valence-corrected chi connectivity index (χ2v) is 7.16. The summed E-state index contributed by atoms with van der Waals surface area (Å²) in [4.78, 5) is 12.0. The number of hydrogen-bond acceptors (Lipinski definition) is 3. The van der Waals surface area contributed by atoms with Crippen molar-refractivity contribution in [2.75, 3.05) is 20.2 Å². The quantitative estimate of drug-likeness (QED) is 0.753. The number of amides is 1. The van der Waals surface area contributed by atoms with Gasteiger partial charge in [0.2, 0.25) is 5.91 Å². The third-order valence-electron chi connectivity index (χ3n) is 4.56. The molecule has 0 aromatic heterocycles. The van der Waals surface area contributed by atoms with Gasteiger partial charge in [-0.15, -0.1) is 0 Å². The average Bonchev–Trinajstić information content (AvgIpc) is 2.58. The summed E-state index contributed by atoms with van der Waals surface area (Å²) in [6, 6.07) is 6.08. The molecule has 1 aliphatic carbocycles. The molecule has 0 radical (unpaired) electrons. The summed E-state index contributed by atoms with van der Waals surface area (Å²) in [5.74, 6) is 1.56. The molecule has 0 saturated heterocycles. The van der Waals surface area contributed by atoms with Gasteiger partial charge in [-0.25, -0.2) is 0 Å². The minimum atomic E-state index is 0.0787. The molecule has 1 saturated carbocycles. The number of nitrogens with one attached hydrogen (secondary N) is 2. The molecular weight excluding hydrogens is 356 g/mol. The lowest BCUT2D eigenvalue weighted by Gasteiger charge is -2.22. The van der Waals surface area contributed by atoms with Gasteiger partial charge in [0, 0.05) is 12.6 Å². The fourth-order valence-electron chi connectivity index (χ4n) is 3.03. The van der Waals surface area contributed by atoms with Gasteiger partial charge >= 0.3 is 0 Å². The van der Waals surface area contributed by atoms with Crippen LogP contribution in [0.3, 0.4) is 0 Å². The highest BCUT2D eigenvalue weighted by atomic mass is 79.9. The highest BCUT2D eigenvalue weighted by Crippen LogP contribution is 2.28. The van der Waals surface area contributed by atoms with Crippen LogP contribution >= 0.6 is 15.9 Å². The zero-order valence-electron chi connectivity index (χ0n) is 14.0. The Labute approximate surface area is 147 Å². The third kappa shape index (κ3) is 5.81. The van der Waals surface area contributed by atoms with Crippen molar-refractivity contribution in [2.45, 2.75) is 45.1 Å². The van der Waals surface area contributed by atoms with E-state index in [4.69, 9.17) is 4.74 Å². The number of rotatable bonds is 7. The van der Waals surface area contributed by atoms with E-state index in [9.17, 15) is 4.79 Å². The highest BCUT2D eigenvalue weighted by molar-refractivity contribution is 9.10. The van der Waals surface area contributed by atoms with E-state index in [0.717, 1.165) is 22.3 Å². The van der Waals surface area contributed by atoms with E-state index in [0.29, 0.717) is 12.5 Å². The van der Waals surface area contributed by atoms with Crippen molar-refractivity contribution >= 4 is 21.8 Å². The number of carbonyl (C=O) groups excluding carboxylic acids is 1. The second kappa shape index (κ2) is 9.28. The fraction of sp³-hybridized carbons (Fsp3) is 0.611. The van der Waals surface area contributed by atoms with E-state index in [2.05, 4.69) is 33.5 Å². The van der Waals surface area contributed by atoms with E-state index in [1.54, 1.807) is 7.11 Å². The smallest absolute Gasteiger partial charge is 0.233 e. The van der Waals surface area contributed by atoms with Crippen LogP contribution in [0.15, 0.2) is 22.7 Å². The lowest BCUT2D eigenvalue weighted by molar-refractivity contribution is -0.120. The molecule has 23 heavy (non-hydrogen) atoms. The van der Waals surface area contributed by atoms with E-state index in [1.807, 2.05) is 18.2 Å². The summed E-state index contributed by atoms with van der Waals surface area (Å²) in [6.45, 7) is 3.23. The topological polar surface area (TPSA) is 50.4 Å². The molecule has 1 aliphatic rings. The first kappa shape index (κ1) is 18.3. The number of benzene rings is 1. The van der Waals surface area contributed by atoms with E-state index in [-0.39, 0.29) is 11.9 Å². The molecule has 0 spiro atoms. The summed E-state index contributed by atoms with van der Waals surface area (Å²) in [5.41, 5.74) is 1.12. The van der Waals surface area contributed by atoms with Crippen LogP contribution in [-0.4, -0.2) is 26.1 Å². The van der Waals surface area contributed by atoms with Crippen LogP contribution in [0.2, 0.25) is 0 Å². The highest BCUT2D eigenvalue weighted by Gasteiger charge is 2.15. The molecule has 1 amide bonds. The standard InChI is InChI=1S/C18H27BrN2O2/c1-13(15-8-9-17(23-2)16(19)10-15)20-12-18(22)21-11-14-6-4-3-5-7-14/h8-10,13-14,20H,3-7,11-12H2,1-2H3,(H,21,22). The van der Waals surface area contributed by atoms with Crippen molar-refractivity contribution in [3.05, 3.63) is 28.2 Å². The van der Waals surface area contributed by atoms with Crippen LogP contribution in [-0.2, 0) is 4.79 Å². The predicted molar refractivity (Wildman–Crippen MR) is 96.7 cm³/mol. The van der Waals surface area contributed by atoms with Crippen LogP contribution in [0.5, 0.6) is 5.75 Å². The minimum absolute atomic E-state index is 0.0787. The third-order valence-corrected chi connectivity index (χ3v) is 5.18. The van der Waals surface area contributed by atoms with Crippen molar-refractivity contribution in [3.8, 4) is 5.75 Å². The first-order chi connectivity index (χ1) is 11.1. The van der Waals surface area contributed by atoms with E-state index >= 15 is 0 Å². The molecule has 1 aromatic carbocycles. The zero-order valence-corrected chi connectivity index (χ0v) is 15.6. The largest absolute Gasteiger partial charge is 0.496 e. The zero-order chi connectivity index (χ0) is 16.7. The Hall–Kier alpha value is -1.07. The van der Waals surface area contributed by atoms with Gasteiger partial charge in [-0.1, -0.05) is 25.3 Å². The summed E-state index contributed by atoms with van der Waals surface area (Å²) in [6.07, 6.45) is 6.47. The summed E-state index contributed by atoms with van der Waals surface area (Å²) < 4.78 is 6.16. The van der Waals surface area contributed by atoms with Gasteiger partial charge < -0.3 is 15.4 Å². The van der Waals surface area contributed by atoms with E-state index < -0.39 is 0 Å². The molecule has 4 nitrogen and oxygen atoms in total. The second-order valence-electron chi connectivity index (χ2n) is 6.30. The van der Waals surface area contributed by atoms with Crippen molar-refractivity contribution in [1.82, 2.24) is 10.6 Å². The van der Waals surface area contributed by atoms with Gasteiger partial charge in [-0.05, 0) is 59.3 Å². The molecule has 128 valence electrons. The summed E-state index contributed by atoms with van der Waals surface area (Å²) >= 11 is 3.49. The molecular formula is C18H27BrN2O2. The van der Waals surface area contributed by atoms with Crippen molar-refractivity contribution < 1.29 is 9.53 Å². The van der Waals surface area contributed by atoms with Crippen LogP contribution in [0.1, 0.15) is 50.6 Å². The molecule has 1 unspecified atom stereocenters. The SMILES string of the molecule is COc1ccc(C(C)NCC(=O)NCC2CCCCC2)cc1Br. The maximum Gasteiger partial charge on any atom is 0.233 e. The Bertz CT molecular complexity index is 516. The molecule has 0 bridgehead atoms. The number of methoxy groups -OCH3 is 1. The van der Waals surface area contributed by atoms with Gasteiger partial charge in [-0.3, -0.25) is 4.79 Å². The molecule has 1 aromatic rings. The van der Waals surface area contributed by atoms with Crippen molar-refractivity contribution in [3.63, 3.8) is 0 Å². The Kier molecular flexibility index (Phi) is 7.37. The summed E-state index contributed by atoms with van der Waals surface area (Å²) in [5, 5.41) is 6.34. The van der Waals surface area contributed by atoms with Crippen molar-refractivity contribution in [1.29, 1.82) is 0 Å². The first-order valence-corrected chi connectivity index (χ1v) is 9.23. The Morgan fingerprint density at radius 1 is 1.35 bits per heavy atom. The Balaban J connectivity index is 1.73. The molecule has 1 fully saturated rings. The lowest BCUT2D eigenvalue weighted by Crippen LogP contribution is -2.37. The predicted octanol–water partition coefficient (Wildman–Crippen LogP) is 3.80. The number of hydrogen-bond donors (Lipinski definition) is 2. The number of halogens is 1. The molecule has 0 aliphatic heterocycles. The maximum atomic E-state index is 12.0. The van der Waals surface area contributed by atoms with Crippen LogP contribution in [0, 0.1) is 5.92 Å². The monoisotopic (exact) mass is 382 g/mol. The van der Waals surface area contributed by atoms with Crippen LogP contribution < -0.4 is 15.4 Å². The minimum Gasteiger partial charge on any atom is -0.496 e. The Morgan fingerprint density at radius 2 is 2.09 bits per heavy atom. The average molecular weight is 383 g/mol. The molecule has 5 heteroatoms. The molecule has 2 rings (SSSR count). The molecule has 1 atom stereocenters. The first-order valence-electron chi connectivity index (χ1n) is 8.43. The van der Waals surface area contributed by atoms with Crippen LogP contribution in [0.4, 0.5) is 0 Å². The van der Waals surface area contributed by atoms with Gasteiger partial charge in [0.25, 0.3) is 0 Å². The van der Waals surface area contributed by atoms with Gasteiger partial charge in [0.15, 0.2) is 0 Å². The maximum absolute atomic E-state index is 12.0. The van der Waals surface area contributed by atoms with Crippen LogP contribution in [0.25, 0.3) is 0 Å². The molecule has 2 N–H and O–H groups in total. The lowest BCUT2D eigenvalue weighted by atomic mass is 9.89. The van der Waals surface area contributed by atoms with E-state index in [1.165, 1.54) is 32.1 Å². The fourth-order valence-corrected chi connectivity index (χ4v) is 3.59. The van der Waals surface area contributed by atoms with Gasteiger partial charge in [0.05, 0.1) is 18.1 Å². The number of carbonyl (C=O) groups is 1. The molecule has 0 heterocycles. The normalized spacial score (nSPS) is 16.8. The number of ether oxygens (including phenoxy) is 1. The van der Waals surface area contributed by atoms with Gasteiger partial charge in [0.1, 0.15) is 5.75 Å². The van der Waals surface area contributed by atoms with Crippen molar-refractivity contribution in [2.24, 2.45) is 5.92 Å².